The number of hydrogen-bond donors (Lipinski definition) is 5. The summed E-state index contributed by atoms with van der Waals surface area (Å²) in [6.07, 6.45) is -1.76. The molecular formula is C16H27N2O8P. The van der Waals surface area contributed by atoms with Gasteiger partial charge in [0.05, 0.1) is 23.6 Å². The smallest absolute Gasteiger partial charge is 0.356 e. The minimum Gasteiger partial charge on any atom is -0.388 e. The van der Waals surface area contributed by atoms with Crippen molar-refractivity contribution in [3.63, 3.8) is 0 Å². The molecule has 27 heavy (non-hydrogen) atoms. The minimum absolute atomic E-state index is 0.00254. The molecule has 1 aliphatic rings. The van der Waals surface area contributed by atoms with Gasteiger partial charge in [-0.2, -0.15) is 0 Å². The zero-order valence-electron chi connectivity index (χ0n) is 15.5. The highest BCUT2D eigenvalue weighted by molar-refractivity contribution is 7.53. The third-order valence-corrected chi connectivity index (χ3v) is 6.64. The highest BCUT2D eigenvalue weighted by atomic mass is 31.2. The molecule has 0 amide bonds. The summed E-state index contributed by atoms with van der Waals surface area (Å²) in [7, 11) is -4.29. The van der Waals surface area contributed by atoms with E-state index in [0.29, 0.717) is 6.42 Å². The number of H-pyrrole nitrogens is 1. The standard InChI is InChI=1S/C16H27N2O8P/c1-4-12(20)27(23,24)26-16(3,5-2)6-10-13(21)14(22)15(25-10)9-7-18-11(19)8-17-9/h7-8,10,12-15,20-22H,4-6H2,1-3H3,(H,18,19)(H,23,24)/t10-,12?,13?,14+,15+,16?/m1/s1. The van der Waals surface area contributed by atoms with Crippen LogP contribution in [-0.2, 0) is 13.8 Å². The van der Waals surface area contributed by atoms with Gasteiger partial charge in [-0.3, -0.25) is 14.3 Å². The lowest BCUT2D eigenvalue weighted by Gasteiger charge is -2.34. The van der Waals surface area contributed by atoms with Crippen LogP contribution in [0.1, 0.15) is 51.8 Å². The van der Waals surface area contributed by atoms with Gasteiger partial charge in [0.15, 0.2) is 5.85 Å². The number of aliphatic hydroxyl groups excluding tert-OH is 3. The average molecular weight is 406 g/mol. The molecule has 5 N–H and O–H groups in total. The lowest BCUT2D eigenvalue weighted by molar-refractivity contribution is -0.0501. The molecule has 11 heteroatoms. The molecule has 0 radical (unpaired) electrons. The first kappa shape index (κ1) is 22.2. The van der Waals surface area contributed by atoms with E-state index in [1.807, 2.05) is 0 Å². The van der Waals surface area contributed by atoms with Gasteiger partial charge in [0, 0.05) is 12.6 Å². The summed E-state index contributed by atoms with van der Waals surface area (Å²) in [6, 6.07) is 0. The van der Waals surface area contributed by atoms with Crippen LogP contribution in [-0.4, -0.2) is 59.9 Å². The number of ether oxygens (including phenoxy) is 1. The Morgan fingerprint density at radius 2 is 2.07 bits per heavy atom. The van der Waals surface area contributed by atoms with Crippen LogP contribution < -0.4 is 5.56 Å². The van der Waals surface area contributed by atoms with E-state index in [9.17, 15) is 29.6 Å². The van der Waals surface area contributed by atoms with E-state index >= 15 is 0 Å². The fraction of sp³-hybridized carbons (Fsp3) is 0.750. The summed E-state index contributed by atoms with van der Waals surface area (Å²) >= 11 is 0. The Bertz CT molecular complexity index is 723. The topological polar surface area (TPSA) is 162 Å². The van der Waals surface area contributed by atoms with E-state index < -0.39 is 49.0 Å². The molecule has 4 unspecified atom stereocenters. The van der Waals surface area contributed by atoms with Gasteiger partial charge < -0.3 is 34.5 Å². The Morgan fingerprint density at radius 3 is 2.59 bits per heavy atom. The number of rotatable bonds is 8. The molecule has 1 saturated heterocycles. The molecule has 1 aromatic heterocycles. The number of nitrogens with zero attached hydrogens (tertiary/aromatic N) is 1. The first-order chi connectivity index (χ1) is 12.5. The third-order valence-electron chi connectivity index (χ3n) is 4.82. The van der Waals surface area contributed by atoms with Gasteiger partial charge >= 0.3 is 7.60 Å². The summed E-state index contributed by atoms with van der Waals surface area (Å²) in [5, 5.41) is 30.3. The molecule has 1 aromatic rings. The van der Waals surface area contributed by atoms with E-state index in [1.165, 1.54) is 6.20 Å². The highest BCUT2D eigenvalue weighted by Crippen LogP contribution is 2.53. The van der Waals surface area contributed by atoms with Crippen molar-refractivity contribution in [2.45, 2.75) is 75.9 Å². The molecule has 7 atom stereocenters. The van der Waals surface area contributed by atoms with Crippen LogP contribution in [0.4, 0.5) is 0 Å². The molecule has 1 fully saturated rings. The Morgan fingerprint density at radius 1 is 1.41 bits per heavy atom. The van der Waals surface area contributed by atoms with Crippen molar-refractivity contribution in [3.05, 3.63) is 28.4 Å². The second-order valence-corrected chi connectivity index (χ2v) is 8.87. The molecule has 0 aromatic carbocycles. The Labute approximate surface area is 156 Å². The molecule has 0 spiro atoms. The van der Waals surface area contributed by atoms with E-state index in [2.05, 4.69) is 9.97 Å². The van der Waals surface area contributed by atoms with Crippen LogP contribution in [0.25, 0.3) is 0 Å². The molecule has 10 nitrogen and oxygen atoms in total. The summed E-state index contributed by atoms with van der Waals surface area (Å²) < 4.78 is 23.3. The first-order valence-corrected chi connectivity index (χ1v) is 10.4. The number of aromatic nitrogens is 2. The van der Waals surface area contributed by atoms with E-state index in [0.717, 1.165) is 6.20 Å². The summed E-state index contributed by atoms with van der Waals surface area (Å²) in [6.45, 7) is 4.87. The van der Waals surface area contributed by atoms with Crippen LogP contribution in [0.15, 0.2) is 17.2 Å². The van der Waals surface area contributed by atoms with Crippen LogP contribution in [0.3, 0.4) is 0 Å². The van der Waals surface area contributed by atoms with Crippen molar-refractivity contribution >= 4 is 7.60 Å². The summed E-state index contributed by atoms with van der Waals surface area (Å²) in [5.74, 6) is -1.51. The second-order valence-electron chi connectivity index (χ2n) is 6.96. The lowest BCUT2D eigenvalue weighted by atomic mass is 9.92. The van der Waals surface area contributed by atoms with E-state index in [4.69, 9.17) is 9.26 Å². The largest absolute Gasteiger partial charge is 0.388 e. The molecule has 0 saturated carbocycles. The highest BCUT2D eigenvalue weighted by Gasteiger charge is 2.48. The second kappa shape index (κ2) is 8.48. The average Bonchev–Trinajstić information content (AvgIpc) is 2.89. The first-order valence-electron chi connectivity index (χ1n) is 8.80. The van der Waals surface area contributed by atoms with Gasteiger partial charge in [-0.15, -0.1) is 0 Å². The van der Waals surface area contributed by atoms with Crippen molar-refractivity contribution in [1.82, 2.24) is 9.97 Å². The molecule has 2 heterocycles. The molecule has 1 aliphatic heterocycles. The van der Waals surface area contributed by atoms with Crippen LogP contribution in [0.5, 0.6) is 0 Å². The summed E-state index contributed by atoms with van der Waals surface area (Å²) in [4.78, 5) is 27.4. The Hall–Kier alpha value is -1.13. The zero-order chi connectivity index (χ0) is 20.4. The van der Waals surface area contributed by atoms with Crippen molar-refractivity contribution in [3.8, 4) is 0 Å². The molecule has 2 rings (SSSR count). The predicted molar refractivity (Wildman–Crippen MR) is 95.0 cm³/mol. The van der Waals surface area contributed by atoms with Crippen LogP contribution in [0, 0.1) is 0 Å². The number of aromatic amines is 1. The van der Waals surface area contributed by atoms with Gasteiger partial charge in [0.1, 0.15) is 18.3 Å². The van der Waals surface area contributed by atoms with Crippen LogP contribution >= 0.6 is 7.60 Å². The van der Waals surface area contributed by atoms with Crippen molar-refractivity contribution in [2.75, 3.05) is 0 Å². The quantitative estimate of drug-likeness (QED) is 0.385. The third kappa shape index (κ3) is 5.03. The van der Waals surface area contributed by atoms with Crippen molar-refractivity contribution in [2.24, 2.45) is 0 Å². The molecule has 0 aliphatic carbocycles. The van der Waals surface area contributed by atoms with Crippen molar-refractivity contribution < 1.29 is 34.0 Å². The van der Waals surface area contributed by atoms with Crippen molar-refractivity contribution in [1.29, 1.82) is 0 Å². The molecule has 0 bridgehead atoms. The monoisotopic (exact) mass is 406 g/mol. The fourth-order valence-electron chi connectivity index (χ4n) is 2.95. The van der Waals surface area contributed by atoms with E-state index in [1.54, 1.807) is 20.8 Å². The Balaban J connectivity index is 2.15. The van der Waals surface area contributed by atoms with Gasteiger partial charge in [0.2, 0.25) is 0 Å². The van der Waals surface area contributed by atoms with Gasteiger partial charge in [-0.25, -0.2) is 0 Å². The maximum absolute atomic E-state index is 12.2. The van der Waals surface area contributed by atoms with Gasteiger partial charge in [-0.05, 0) is 19.8 Å². The normalized spacial score (nSPS) is 31.2. The fourth-order valence-corrected chi connectivity index (χ4v) is 4.37. The lowest BCUT2D eigenvalue weighted by Crippen LogP contribution is -2.39. The van der Waals surface area contributed by atoms with Gasteiger partial charge in [0.25, 0.3) is 5.56 Å². The Kier molecular flexibility index (Phi) is 6.96. The van der Waals surface area contributed by atoms with E-state index in [-0.39, 0.29) is 18.5 Å². The minimum atomic E-state index is -4.29. The predicted octanol–water partition coefficient (Wildman–Crippen LogP) is 0.421. The maximum Gasteiger partial charge on any atom is 0.356 e. The summed E-state index contributed by atoms with van der Waals surface area (Å²) in [5.41, 5.74) is -1.35. The van der Waals surface area contributed by atoms with Crippen LogP contribution in [0.2, 0.25) is 0 Å². The number of nitrogens with one attached hydrogen (secondary N) is 1. The SMILES string of the molecule is CCC(O)P(=O)(O)OC(C)(CC)C[C@H]1O[C@@H](c2c[nH]c(=O)cn2)[C@@H](O)C1O. The zero-order valence-corrected chi connectivity index (χ0v) is 16.4. The maximum atomic E-state index is 12.2. The molecule has 154 valence electrons. The molecular weight excluding hydrogens is 379 g/mol. The number of hydrogen-bond acceptors (Lipinski definition) is 8. The van der Waals surface area contributed by atoms with Gasteiger partial charge in [-0.1, -0.05) is 13.8 Å². The number of aliphatic hydroxyl groups is 3.